The molecule has 0 aliphatic heterocycles. The van der Waals surface area contributed by atoms with E-state index in [1.165, 1.54) is 18.2 Å². The van der Waals surface area contributed by atoms with Crippen LogP contribution < -0.4 is 5.32 Å². The Morgan fingerprint density at radius 2 is 1.06 bits per heavy atom. The van der Waals surface area contributed by atoms with Gasteiger partial charge in [0, 0.05) is 5.69 Å². The van der Waals surface area contributed by atoms with Crippen LogP contribution in [0.2, 0.25) is 0 Å². The predicted octanol–water partition coefficient (Wildman–Crippen LogP) is 4.92. The maximum atomic E-state index is 13.0. The molecule has 1 N–H and O–H groups in total. The lowest BCUT2D eigenvalue weighted by Gasteiger charge is -2.13. The van der Waals surface area contributed by atoms with Crippen LogP contribution in [0.25, 0.3) is 0 Å². The van der Waals surface area contributed by atoms with E-state index >= 15 is 0 Å². The number of halogens is 3. The van der Waals surface area contributed by atoms with Crippen LogP contribution in [0.15, 0.2) is 61.2 Å². The molecule has 0 saturated heterocycles. The van der Waals surface area contributed by atoms with Gasteiger partial charge >= 0.3 is 12.1 Å². The average Bonchev–Trinajstić information content (AvgIpc) is 3.06. The SMILES string of the molecule is C=CCOCCOCCOCCOCCOCCOCCOCCOCCOC(=O)c1ccccc1Nc1cccc(C(F)(F)F)c1. The number of hydrogen-bond acceptors (Lipinski definition) is 11. The van der Waals surface area contributed by atoms with E-state index in [2.05, 4.69) is 11.9 Å². The second-order valence-electron chi connectivity index (χ2n) is 9.54. The van der Waals surface area contributed by atoms with Gasteiger partial charge in [-0.25, -0.2) is 4.79 Å². The largest absolute Gasteiger partial charge is 0.460 e. The maximum absolute atomic E-state index is 13.0. The van der Waals surface area contributed by atoms with Crippen molar-refractivity contribution >= 4 is 17.3 Å². The summed E-state index contributed by atoms with van der Waals surface area (Å²) < 4.78 is 87.5. The van der Waals surface area contributed by atoms with Crippen molar-refractivity contribution in [2.75, 3.05) is 118 Å². The fourth-order valence-corrected chi connectivity index (χ4v) is 3.68. The van der Waals surface area contributed by atoms with Gasteiger partial charge in [0.2, 0.25) is 0 Å². The fraction of sp³-hybridized carbons (Fsp3) is 0.545. The minimum Gasteiger partial charge on any atom is -0.460 e. The second-order valence-corrected chi connectivity index (χ2v) is 9.54. The van der Waals surface area contributed by atoms with E-state index in [0.29, 0.717) is 105 Å². The molecule has 0 spiro atoms. The van der Waals surface area contributed by atoms with Crippen molar-refractivity contribution in [1.82, 2.24) is 0 Å². The van der Waals surface area contributed by atoms with Crippen molar-refractivity contribution in [3.8, 4) is 0 Å². The van der Waals surface area contributed by atoms with Crippen LogP contribution in [0.4, 0.5) is 24.5 Å². The summed E-state index contributed by atoms with van der Waals surface area (Å²) in [5, 5.41) is 2.86. The summed E-state index contributed by atoms with van der Waals surface area (Å²) in [6, 6.07) is 11.1. The Balaban J connectivity index is 1.37. The van der Waals surface area contributed by atoms with Gasteiger partial charge in [-0.1, -0.05) is 24.3 Å². The van der Waals surface area contributed by atoms with Gasteiger partial charge in [0.05, 0.1) is 123 Å². The smallest absolute Gasteiger partial charge is 0.416 e. The van der Waals surface area contributed by atoms with E-state index in [1.807, 2.05) is 0 Å². The number of esters is 1. The van der Waals surface area contributed by atoms with Crippen LogP contribution in [0.1, 0.15) is 15.9 Å². The first kappa shape index (κ1) is 40.1. The third-order valence-corrected chi connectivity index (χ3v) is 5.92. The normalized spacial score (nSPS) is 11.5. The summed E-state index contributed by atoms with van der Waals surface area (Å²) in [5.41, 5.74) is -0.0839. The molecular formula is C33H46F3NO10. The standard InChI is InChI=1S/C33H46F3NO10/c1-2-10-39-11-12-40-13-14-41-15-16-42-17-18-43-19-20-44-21-22-45-23-24-46-25-26-47-32(38)30-8-3-4-9-31(30)37-29-7-5-6-28(27-29)33(34,35)36/h2-9,27,37H,1,10-26H2. The van der Waals surface area contributed by atoms with Gasteiger partial charge in [-0.15, -0.1) is 6.58 Å². The first-order chi connectivity index (χ1) is 22.9. The van der Waals surface area contributed by atoms with Crippen LogP contribution in [0.3, 0.4) is 0 Å². The van der Waals surface area contributed by atoms with Crippen molar-refractivity contribution in [2.24, 2.45) is 0 Å². The molecule has 0 radical (unpaired) electrons. The molecule has 14 heteroatoms. The summed E-state index contributed by atoms with van der Waals surface area (Å²) in [5.74, 6) is -0.627. The lowest BCUT2D eigenvalue weighted by molar-refractivity contribution is -0.137. The molecule has 47 heavy (non-hydrogen) atoms. The topological polar surface area (TPSA) is 112 Å². The van der Waals surface area contributed by atoms with Crippen LogP contribution in [0.5, 0.6) is 0 Å². The number of carbonyl (C=O) groups is 1. The molecule has 11 nitrogen and oxygen atoms in total. The highest BCUT2D eigenvalue weighted by Crippen LogP contribution is 2.32. The maximum Gasteiger partial charge on any atom is 0.416 e. The van der Waals surface area contributed by atoms with Gasteiger partial charge < -0.3 is 47.9 Å². The van der Waals surface area contributed by atoms with Crippen LogP contribution in [-0.2, 0) is 48.8 Å². The number of alkyl halides is 3. The molecule has 2 aromatic rings. The predicted molar refractivity (Wildman–Crippen MR) is 168 cm³/mol. The van der Waals surface area contributed by atoms with E-state index in [0.717, 1.165) is 12.1 Å². The molecule has 0 atom stereocenters. The summed E-state index contributed by atoms with van der Waals surface area (Å²) in [6.07, 6.45) is -2.78. The monoisotopic (exact) mass is 673 g/mol. The number of rotatable bonds is 29. The summed E-state index contributed by atoms with van der Waals surface area (Å²) >= 11 is 0. The Bertz CT molecular complexity index is 1110. The molecule has 0 fully saturated rings. The second kappa shape index (κ2) is 25.9. The van der Waals surface area contributed by atoms with Crippen molar-refractivity contribution in [1.29, 1.82) is 0 Å². The highest BCUT2D eigenvalue weighted by atomic mass is 19.4. The number of carbonyl (C=O) groups excluding carboxylic acids is 1. The third kappa shape index (κ3) is 20.0. The molecule has 0 aliphatic rings. The van der Waals surface area contributed by atoms with Gasteiger partial charge in [-0.05, 0) is 30.3 Å². The minimum absolute atomic E-state index is 0.00175. The van der Waals surface area contributed by atoms with E-state index in [1.54, 1.807) is 24.3 Å². The third-order valence-electron chi connectivity index (χ3n) is 5.92. The molecule has 0 aliphatic carbocycles. The first-order valence-electron chi connectivity index (χ1n) is 15.3. The Labute approximate surface area is 274 Å². The van der Waals surface area contributed by atoms with E-state index in [-0.39, 0.29) is 24.5 Å². The molecular weight excluding hydrogens is 627 g/mol. The molecule has 0 heterocycles. The van der Waals surface area contributed by atoms with Crippen LogP contribution >= 0.6 is 0 Å². The van der Waals surface area contributed by atoms with E-state index in [9.17, 15) is 18.0 Å². The number of para-hydroxylation sites is 1. The Morgan fingerprint density at radius 1 is 0.617 bits per heavy atom. The summed E-state index contributed by atoms with van der Waals surface area (Å²) in [6.45, 7) is 10.6. The molecule has 2 rings (SSSR count). The van der Waals surface area contributed by atoms with Gasteiger partial charge in [0.25, 0.3) is 0 Å². The number of ether oxygens (including phenoxy) is 9. The highest BCUT2D eigenvalue weighted by Gasteiger charge is 2.30. The molecule has 0 bridgehead atoms. The van der Waals surface area contributed by atoms with Gasteiger partial charge in [-0.3, -0.25) is 0 Å². The Hall–Kier alpha value is -3.08. The zero-order valence-corrected chi connectivity index (χ0v) is 26.6. The average molecular weight is 674 g/mol. The highest BCUT2D eigenvalue weighted by molar-refractivity contribution is 5.96. The summed E-state index contributed by atoms with van der Waals surface area (Å²) in [7, 11) is 0. The van der Waals surface area contributed by atoms with Crippen LogP contribution in [0, 0.1) is 0 Å². The molecule has 264 valence electrons. The lowest BCUT2D eigenvalue weighted by Crippen LogP contribution is -2.16. The zero-order valence-electron chi connectivity index (χ0n) is 26.6. The van der Waals surface area contributed by atoms with Crippen molar-refractivity contribution < 1.29 is 60.6 Å². The van der Waals surface area contributed by atoms with Gasteiger partial charge in [0.15, 0.2) is 0 Å². The molecule has 0 saturated carbocycles. The number of anilines is 2. The first-order valence-corrected chi connectivity index (χ1v) is 15.3. The molecule has 2 aromatic carbocycles. The number of hydrogen-bond donors (Lipinski definition) is 1. The Kier molecular flexibility index (Phi) is 22.1. The zero-order chi connectivity index (χ0) is 33.8. The quantitative estimate of drug-likeness (QED) is 0.0722. The lowest BCUT2D eigenvalue weighted by atomic mass is 10.1. The van der Waals surface area contributed by atoms with Crippen LogP contribution in [-0.4, -0.2) is 118 Å². The van der Waals surface area contributed by atoms with Crippen molar-refractivity contribution in [3.05, 3.63) is 72.3 Å². The molecule has 0 aromatic heterocycles. The molecule has 0 amide bonds. The Morgan fingerprint density at radius 3 is 1.53 bits per heavy atom. The number of benzene rings is 2. The van der Waals surface area contributed by atoms with E-state index < -0.39 is 17.7 Å². The van der Waals surface area contributed by atoms with Crippen molar-refractivity contribution in [2.45, 2.75) is 6.18 Å². The number of nitrogens with one attached hydrogen (secondary N) is 1. The summed E-state index contributed by atoms with van der Waals surface area (Å²) in [4.78, 5) is 12.6. The van der Waals surface area contributed by atoms with Gasteiger partial charge in [-0.2, -0.15) is 13.2 Å². The van der Waals surface area contributed by atoms with E-state index in [4.69, 9.17) is 42.6 Å². The molecule has 0 unspecified atom stereocenters. The van der Waals surface area contributed by atoms with Gasteiger partial charge in [0.1, 0.15) is 6.61 Å². The minimum atomic E-state index is -4.47. The van der Waals surface area contributed by atoms with Crippen molar-refractivity contribution in [3.63, 3.8) is 0 Å². The fourth-order valence-electron chi connectivity index (χ4n) is 3.68.